The molecule has 1 aromatic heterocycles. The largest absolute Gasteiger partial charge is 0.361 e. The number of H-pyrrole nitrogens is 1. The normalized spacial score (nSPS) is 10.9. The number of nitrogens with one attached hydrogen (secondary N) is 3. The molecule has 0 unspecified atom stereocenters. The monoisotopic (exact) mass is 293 g/mol. The van der Waals surface area contributed by atoms with Gasteiger partial charge in [0.1, 0.15) is 0 Å². The number of urea groups is 1. The van der Waals surface area contributed by atoms with E-state index in [9.17, 15) is 4.79 Å². The van der Waals surface area contributed by atoms with Crippen molar-refractivity contribution in [3.63, 3.8) is 0 Å². The molecular weight excluding hydrogens is 274 g/mol. The molecule has 0 saturated carbocycles. The highest BCUT2D eigenvalue weighted by molar-refractivity contribution is 6.00. The van der Waals surface area contributed by atoms with Gasteiger partial charge in [-0.1, -0.05) is 32.0 Å². The lowest BCUT2D eigenvalue weighted by Gasteiger charge is -2.10. The number of aromatic amines is 1. The zero-order valence-electron chi connectivity index (χ0n) is 12.7. The van der Waals surface area contributed by atoms with Crippen molar-refractivity contribution in [2.24, 2.45) is 0 Å². The van der Waals surface area contributed by atoms with Crippen LogP contribution in [0.4, 0.5) is 16.2 Å². The molecule has 0 radical (unpaired) electrons. The van der Waals surface area contributed by atoms with Gasteiger partial charge in [0.05, 0.1) is 0 Å². The Morgan fingerprint density at radius 2 is 1.64 bits per heavy atom. The first-order valence-corrected chi connectivity index (χ1v) is 7.37. The number of rotatable bonds is 3. The highest BCUT2D eigenvalue weighted by atomic mass is 16.2. The van der Waals surface area contributed by atoms with E-state index in [0.29, 0.717) is 5.92 Å². The molecule has 3 aromatic rings. The molecule has 2 aromatic carbocycles. The summed E-state index contributed by atoms with van der Waals surface area (Å²) in [7, 11) is 0. The van der Waals surface area contributed by atoms with Gasteiger partial charge in [0.25, 0.3) is 0 Å². The Balaban J connectivity index is 1.66. The molecule has 0 saturated heterocycles. The van der Waals surface area contributed by atoms with Gasteiger partial charge in [-0.25, -0.2) is 4.79 Å². The predicted molar refractivity (Wildman–Crippen MR) is 91.5 cm³/mol. The third-order valence-corrected chi connectivity index (χ3v) is 3.65. The van der Waals surface area contributed by atoms with Gasteiger partial charge in [-0.2, -0.15) is 0 Å². The van der Waals surface area contributed by atoms with Crippen LogP contribution >= 0.6 is 0 Å². The number of hydrogen-bond donors (Lipinski definition) is 3. The first-order chi connectivity index (χ1) is 10.6. The maximum absolute atomic E-state index is 12.0. The minimum atomic E-state index is -0.247. The van der Waals surface area contributed by atoms with Gasteiger partial charge < -0.3 is 15.6 Å². The Labute approximate surface area is 129 Å². The number of hydrogen-bond acceptors (Lipinski definition) is 1. The van der Waals surface area contributed by atoms with Gasteiger partial charge >= 0.3 is 6.03 Å². The minimum absolute atomic E-state index is 0.247. The summed E-state index contributed by atoms with van der Waals surface area (Å²) in [5, 5.41) is 6.80. The number of amides is 2. The number of aromatic nitrogens is 1. The topological polar surface area (TPSA) is 56.9 Å². The van der Waals surface area contributed by atoms with Gasteiger partial charge in [0, 0.05) is 23.1 Å². The lowest BCUT2D eigenvalue weighted by molar-refractivity contribution is 0.262. The molecule has 0 aliphatic rings. The van der Waals surface area contributed by atoms with Gasteiger partial charge in [-0.15, -0.1) is 0 Å². The molecule has 22 heavy (non-hydrogen) atoms. The Morgan fingerprint density at radius 3 is 2.36 bits per heavy atom. The summed E-state index contributed by atoms with van der Waals surface area (Å²) in [4.78, 5) is 15.2. The van der Waals surface area contributed by atoms with Crippen molar-refractivity contribution in [3.05, 3.63) is 60.3 Å². The van der Waals surface area contributed by atoms with Crippen molar-refractivity contribution in [3.8, 4) is 0 Å². The molecule has 0 aliphatic carbocycles. The summed E-state index contributed by atoms with van der Waals surface area (Å²) in [5.74, 6) is 0.482. The summed E-state index contributed by atoms with van der Waals surface area (Å²) < 4.78 is 0. The Kier molecular flexibility index (Phi) is 3.83. The van der Waals surface area contributed by atoms with Crippen molar-refractivity contribution < 1.29 is 4.79 Å². The molecule has 112 valence electrons. The SMILES string of the molecule is CC(C)c1ccc(NC(=O)Nc2ccc3cc[nH]c3c2)cc1. The average Bonchev–Trinajstić information content (AvgIpc) is 2.95. The zero-order valence-corrected chi connectivity index (χ0v) is 12.7. The van der Waals surface area contributed by atoms with Crippen LogP contribution in [0.1, 0.15) is 25.3 Å². The first kappa shape index (κ1) is 14.2. The highest BCUT2D eigenvalue weighted by Gasteiger charge is 2.05. The number of carbonyl (C=O) groups is 1. The van der Waals surface area contributed by atoms with E-state index in [2.05, 4.69) is 29.5 Å². The van der Waals surface area contributed by atoms with Crippen LogP contribution in [-0.4, -0.2) is 11.0 Å². The number of fused-ring (bicyclic) bond motifs is 1. The maximum Gasteiger partial charge on any atom is 0.323 e. The molecule has 0 spiro atoms. The van der Waals surface area contributed by atoms with Crippen LogP contribution in [0, 0.1) is 0 Å². The molecule has 0 atom stereocenters. The minimum Gasteiger partial charge on any atom is -0.361 e. The van der Waals surface area contributed by atoms with Crippen molar-refractivity contribution in [1.29, 1.82) is 0 Å². The Hall–Kier alpha value is -2.75. The molecule has 2 amide bonds. The van der Waals surface area contributed by atoms with Crippen molar-refractivity contribution in [1.82, 2.24) is 4.98 Å². The van der Waals surface area contributed by atoms with Crippen molar-refractivity contribution >= 4 is 28.3 Å². The van der Waals surface area contributed by atoms with E-state index in [-0.39, 0.29) is 6.03 Å². The van der Waals surface area contributed by atoms with E-state index in [1.54, 1.807) is 0 Å². The molecule has 4 nitrogen and oxygen atoms in total. The smallest absolute Gasteiger partial charge is 0.323 e. The van der Waals surface area contributed by atoms with Crippen LogP contribution in [0.2, 0.25) is 0 Å². The zero-order chi connectivity index (χ0) is 15.5. The highest BCUT2D eigenvalue weighted by Crippen LogP contribution is 2.19. The summed E-state index contributed by atoms with van der Waals surface area (Å²) in [6, 6.07) is 15.4. The average molecular weight is 293 g/mol. The summed E-state index contributed by atoms with van der Waals surface area (Å²) in [5.41, 5.74) is 3.79. The second-order valence-corrected chi connectivity index (χ2v) is 5.64. The third-order valence-electron chi connectivity index (χ3n) is 3.65. The summed E-state index contributed by atoms with van der Waals surface area (Å²) >= 11 is 0. The molecule has 1 heterocycles. The van der Waals surface area contributed by atoms with E-state index in [4.69, 9.17) is 0 Å². The fourth-order valence-electron chi connectivity index (χ4n) is 2.37. The quantitative estimate of drug-likeness (QED) is 0.629. The molecular formula is C18H19N3O. The maximum atomic E-state index is 12.0. The van der Waals surface area contributed by atoms with Crippen LogP contribution in [0.3, 0.4) is 0 Å². The van der Waals surface area contributed by atoms with Crippen LogP contribution in [0.5, 0.6) is 0 Å². The second kappa shape index (κ2) is 5.93. The second-order valence-electron chi connectivity index (χ2n) is 5.64. The molecule has 0 fully saturated rings. The Bertz CT molecular complexity index is 787. The lowest BCUT2D eigenvalue weighted by atomic mass is 10.0. The molecule has 3 rings (SSSR count). The molecule has 0 bridgehead atoms. The number of carbonyl (C=O) groups excluding carboxylic acids is 1. The van der Waals surface area contributed by atoms with Crippen LogP contribution in [-0.2, 0) is 0 Å². The van der Waals surface area contributed by atoms with Crippen LogP contribution < -0.4 is 10.6 Å². The van der Waals surface area contributed by atoms with E-state index < -0.39 is 0 Å². The van der Waals surface area contributed by atoms with Gasteiger partial charge in [0.15, 0.2) is 0 Å². The van der Waals surface area contributed by atoms with Crippen LogP contribution in [0.25, 0.3) is 10.9 Å². The van der Waals surface area contributed by atoms with E-state index >= 15 is 0 Å². The van der Waals surface area contributed by atoms with E-state index in [1.807, 2.05) is 54.7 Å². The van der Waals surface area contributed by atoms with Gasteiger partial charge in [-0.3, -0.25) is 0 Å². The first-order valence-electron chi connectivity index (χ1n) is 7.37. The fourth-order valence-corrected chi connectivity index (χ4v) is 2.37. The Morgan fingerprint density at radius 1 is 0.955 bits per heavy atom. The molecule has 4 heteroatoms. The van der Waals surface area contributed by atoms with Crippen molar-refractivity contribution in [2.75, 3.05) is 10.6 Å². The van der Waals surface area contributed by atoms with Gasteiger partial charge in [-0.05, 0) is 47.2 Å². The van der Waals surface area contributed by atoms with E-state index in [0.717, 1.165) is 22.3 Å². The van der Waals surface area contributed by atoms with Crippen molar-refractivity contribution in [2.45, 2.75) is 19.8 Å². The van der Waals surface area contributed by atoms with Crippen LogP contribution in [0.15, 0.2) is 54.7 Å². The fraction of sp³-hybridized carbons (Fsp3) is 0.167. The lowest BCUT2D eigenvalue weighted by Crippen LogP contribution is -2.19. The summed E-state index contributed by atoms with van der Waals surface area (Å²) in [6.45, 7) is 4.29. The number of benzene rings is 2. The summed E-state index contributed by atoms with van der Waals surface area (Å²) in [6.07, 6.45) is 1.88. The van der Waals surface area contributed by atoms with E-state index in [1.165, 1.54) is 5.56 Å². The molecule has 0 aliphatic heterocycles. The number of anilines is 2. The predicted octanol–water partition coefficient (Wildman–Crippen LogP) is 4.94. The molecule has 3 N–H and O–H groups in total. The van der Waals surface area contributed by atoms with Gasteiger partial charge in [0.2, 0.25) is 0 Å². The third kappa shape index (κ3) is 3.11. The standard InChI is InChI=1S/C18H19N3O/c1-12(2)13-3-6-15(7-4-13)20-18(22)21-16-8-5-14-9-10-19-17(14)11-16/h3-12,19H,1-2H3,(H2,20,21,22).